The first-order valence-corrected chi connectivity index (χ1v) is 13.3. The summed E-state index contributed by atoms with van der Waals surface area (Å²) in [5.74, 6) is 0.0596. The van der Waals surface area contributed by atoms with Crippen molar-refractivity contribution in [1.82, 2.24) is 10.4 Å². The number of rotatable bonds is 10. The number of aliphatic hydroxyl groups is 2. The minimum atomic E-state index is -1.37. The van der Waals surface area contributed by atoms with Crippen molar-refractivity contribution < 1.29 is 29.7 Å². The van der Waals surface area contributed by atoms with Gasteiger partial charge in [0.15, 0.2) is 0 Å². The molecule has 206 valence electrons. The minimum Gasteiger partial charge on any atom is -0.478 e. The molecule has 3 saturated carbocycles. The monoisotopic (exact) mass is 524 g/mol. The number of amides is 1. The maximum atomic E-state index is 13.6. The second kappa shape index (κ2) is 11.1. The Morgan fingerprint density at radius 2 is 1.76 bits per heavy atom. The molecule has 0 aliphatic heterocycles. The number of hydrogen-bond donors (Lipinski definition) is 4. The summed E-state index contributed by atoms with van der Waals surface area (Å²) >= 11 is 0. The molecule has 2 unspecified atom stereocenters. The van der Waals surface area contributed by atoms with Gasteiger partial charge in [0.2, 0.25) is 5.91 Å². The molecule has 0 spiro atoms. The topological polar surface area (TPSA) is 119 Å². The molecule has 0 aromatic heterocycles. The predicted octanol–water partition coefficient (Wildman–Crippen LogP) is 3.71. The van der Waals surface area contributed by atoms with E-state index in [0.29, 0.717) is 17.8 Å². The van der Waals surface area contributed by atoms with E-state index in [1.807, 2.05) is 30.3 Å². The predicted molar refractivity (Wildman–Crippen MR) is 144 cm³/mol. The van der Waals surface area contributed by atoms with E-state index in [4.69, 9.17) is 4.84 Å². The number of carbonyl (C=O) groups excluding carboxylic acids is 1. The van der Waals surface area contributed by atoms with Gasteiger partial charge in [-0.1, -0.05) is 51.1 Å². The van der Waals surface area contributed by atoms with Gasteiger partial charge in [-0.3, -0.25) is 4.79 Å². The fraction of sp³-hybridized carbons (Fsp3) is 0.533. The van der Waals surface area contributed by atoms with Gasteiger partial charge in [0.1, 0.15) is 12.1 Å². The minimum absolute atomic E-state index is 0.00604. The summed E-state index contributed by atoms with van der Waals surface area (Å²) in [6.07, 6.45) is -0.422. The summed E-state index contributed by atoms with van der Waals surface area (Å²) in [5, 5.41) is 35.0. The molecule has 3 aliphatic rings. The molecule has 0 heterocycles. The van der Waals surface area contributed by atoms with Gasteiger partial charge in [-0.2, -0.15) is 5.06 Å². The Bertz CT molecular complexity index is 1160. The highest BCUT2D eigenvalue weighted by atomic mass is 16.7. The first-order valence-electron chi connectivity index (χ1n) is 13.3. The molecule has 4 N–H and O–H groups in total. The van der Waals surface area contributed by atoms with Crippen LogP contribution in [0.4, 0.5) is 0 Å². The van der Waals surface area contributed by atoms with Crippen molar-refractivity contribution in [2.75, 3.05) is 7.11 Å². The number of hydroxylamine groups is 2. The van der Waals surface area contributed by atoms with Crippen molar-refractivity contribution in [1.29, 1.82) is 0 Å². The first kappa shape index (κ1) is 28.2. The summed E-state index contributed by atoms with van der Waals surface area (Å²) in [5.41, 5.74) is 2.85. The van der Waals surface area contributed by atoms with Crippen LogP contribution in [0.1, 0.15) is 56.5 Å². The SMILES string of the molecule is CON(Cc1cccc(-c2cccc(C(=O)O)c2)c1)C(C(=O)N[C@H]1C[C@H]2C[C@@H]([C@@H]1C)C2(C)C)[C@H](O)C(C)O. The van der Waals surface area contributed by atoms with Crippen molar-refractivity contribution in [3.8, 4) is 11.1 Å². The first-order chi connectivity index (χ1) is 17.9. The maximum Gasteiger partial charge on any atom is 0.335 e. The molecule has 2 aromatic carbocycles. The van der Waals surface area contributed by atoms with Gasteiger partial charge >= 0.3 is 5.97 Å². The van der Waals surface area contributed by atoms with Crippen LogP contribution in [0.3, 0.4) is 0 Å². The van der Waals surface area contributed by atoms with Gasteiger partial charge in [-0.25, -0.2) is 4.79 Å². The van der Waals surface area contributed by atoms with Crippen LogP contribution in [0.15, 0.2) is 48.5 Å². The molecule has 2 bridgehead atoms. The molecule has 3 fully saturated rings. The second-order valence-corrected chi connectivity index (χ2v) is 11.6. The lowest BCUT2D eigenvalue weighted by Crippen LogP contribution is -2.63. The number of nitrogens with zero attached hydrogens (tertiary/aromatic N) is 1. The van der Waals surface area contributed by atoms with Crippen molar-refractivity contribution in [2.45, 2.75) is 71.4 Å². The summed E-state index contributed by atoms with van der Waals surface area (Å²) in [6, 6.07) is 13.1. The van der Waals surface area contributed by atoms with Gasteiger partial charge in [0, 0.05) is 6.04 Å². The lowest BCUT2D eigenvalue weighted by molar-refractivity contribution is -0.205. The zero-order valence-electron chi connectivity index (χ0n) is 22.8. The summed E-state index contributed by atoms with van der Waals surface area (Å²) in [6.45, 7) is 8.42. The zero-order valence-corrected chi connectivity index (χ0v) is 22.8. The van der Waals surface area contributed by atoms with Crippen molar-refractivity contribution in [2.24, 2.45) is 23.2 Å². The van der Waals surface area contributed by atoms with E-state index in [0.717, 1.165) is 23.1 Å². The summed E-state index contributed by atoms with van der Waals surface area (Å²) in [7, 11) is 1.44. The average Bonchev–Trinajstić information content (AvgIpc) is 2.89. The maximum absolute atomic E-state index is 13.6. The molecule has 2 aromatic rings. The smallest absolute Gasteiger partial charge is 0.335 e. The van der Waals surface area contributed by atoms with Crippen LogP contribution < -0.4 is 5.32 Å². The van der Waals surface area contributed by atoms with Crippen molar-refractivity contribution in [3.63, 3.8) is 0 Å². The Morgan fingerprint density at radius 1 is 1.11 bits per heavy atom. The number of carboxylic acids is 1. The fourth-order valence-corrected chi connectivity index (χ4v) is 6.47. The number of nitrogens with one attached hydrogen (secondary N) is 1. The number of carboxylic acid groups (broad SMARTS) is 1. The van der Waals surface area contributed by atoms with E-state index in [2.05, 4.69) is 26.1 Å². The number of hydrogen-bond acceptors (Lipinski definition) is 6. The van der Waals surface area contributed by atoms with E-state index >= 15 is 0 Å². The molecule has 0 saturated heterocycles. The highest BCUT2D eigenvalue weighted by molar-refractivity contribution is 5.89. The van der Waals surface area contributed by atoms with Gasteiger partial charge in [-0.15, -0.1) is 0 Å². The molecule has 1 amide bonds. The lowest BCUT2D eigenvalue weighted by atomic mass is 9.45. The molecular formula is C30H40N2O6. The number of aliphatic hydroxyl groups excluding tert-OH is 2. The van der Waals surface area contributed by atoms with E-state index < -0.39 is 24.2 Å². The van der Waals surface area contributed by atoms with Gasteiger partial charge < -0.3 is 25.5 Å². The van der Waals surface area contributed by atoms with E-state index in [-0.39, 0.29) is 29.5 Å². The molecule has 5 rings (SSSR count). The summed E-state index contributed by atoms with van der Waals surface area (Å²) in [4.78, 5) is 30.6. The van der Waals surface area contributed by atoms with E-state index in [1.54, 1.807) is 18.2 Å². The van der Waals surface area contributed by atoms with Crippen LogP contribution in [-0.4, -0.2) is 63.7 Å². The standard InChI is InChI=1S/C30H40N2O6/c1-17-24-14-23(30(24,3)4)15-25(17)31-28(35)26(27(34)18(2)33)32(38-5)16-19-8-6-9-20(12-19)21-10-7-11-22(13-21)29(36)37/h6-13,17-18,23-27,33-34H,14-16H2,1-5H3,(H,31,35)(H,36,37)/t17-,18?,23+,24-,25-,26?,27+/m0/s1. The quantitative estimate of drug-likeness (QED) is 0.350. The highest BCUT2D eigenvalue weighted by Gasteiger charge is 2.56. The van der Waals surface area contributed by atoms with Crippen LogP contribution in [0.2, 0.25) is 0 Å². The third-order valence-electron chi connectivity index (χ3n) is 9.02. The van der Waals surface area contributed by atoms with Crippen molar-refractivity contribution in [3.05, 3.63) is 59.7 Å². The van der Waals surface area contributed by atoms with Crippen molar-refractivity contribution >= 4 is 11.9 Å². The number of carbonyl (C=O) groups is 2. The zero-order chi connectivity index (χ0) is 27.8. The number of aromatic carboxylic acids is 1. The van der Waals surface area contributed by atoms with Crippen LogP contribution in [-0.2, 0) is 16.2 Å². The number of benzene rings is 2. The van der Waals surface area contributed by atoms with Crippen LogP contribution in [0.25, 0.3) is 11.1 Å². The number of fused-ring (bicyclic) bond motifs is 2. The molecule has 3 aliphatic carbocycles. The highest BCUT2D eigenvalue weighted by Crippen LogP contribution is 2.61. The van der Waals surface area contributed by atoms with Crippen LogP contribution in [0, 0.1) is 23.2 Å². The normalized spacial score (nSPS) is 26.2. The largest absolute Gasteiger partial charge is 0.478 e. The lowest BCUT2D eigenvalue weighted by Gasteiger charge is -2.62. The third-order valence-corrected chi connectivity index (χ3v) is 9.02. The molecule has 7 atom stereocenters. The molecular weight excluding hydrogens is 484 g/mol. The van der Waals surface area contributed by atoms with Gasteiger partial charge in [-0.05, 0) is 77.8 Å². The Hall–Kier alpha value is -2.78. The van der Waals surface area contributed by atoms with Gasteiger partial charge in [0.25, 0.3) is 0 Å². The van der Waals surface area contributed by atoms with Gasteiger partial charge in [0.05, 0.1) is 25.3 Å². The Kier molecular flexibility index (Phi) is 8.28. The molecule has 8 nitrogen and oxygen atoms in total. The Balaban J connectivity index is 1.54. The molecule has 8 heteroatoms. The average molecular weight is 525 g/mol. The molecule has 0 radical (unpaired) electrons. The van der Waals surface area contributed by atoms with E-state index in [9.17, 15) is 24.9 Å². The van der Waals surface area contributed by atoms with Crippen LogP contribution in [0.5, 0.6) is 0 Å². The second-order valence-electron chi connectivity index (χ2n) is 11.6. The van der Waals surface area contributed by atoms with E-state index in [1.165, 1.54) is 25.5 Å². The summed E-state index contributed by atoms with van der Waals surface area (Å²) < 4.78 is 0. The molecule has 38 heavy (non-hydrogen) atoms. The van der Waals surface area contributed by atoms with Crippen LogP contribution >= 0.6 is 0 Å². The third kappa shape index (κ3) is 5.50. The Morgan fingerprint density at radius 3 is 2.34 bits per heavy atom. The Labute approximate surface area is 224 Å². The fourth-order valence-electron chi connectivity index (χ4n) is 6.47.